The summed E-state index contributed by atoms with van der Waals surface area (Å²) in [6.07, 6.45) is 0.807. The largest absolute Gasteiger partial charge is 0.392 e. The second-order valence-electron chi connectivity index (χ2n) is 7.61. The number of hydrogen-bond acceptors (Lipinski definition) is 5. The zero-order valence-corrected chi connectivity index (χ0v) is 18.0. The Bertz CT molecular complexity index is 996. The van der Waals surface area contributed by atoms with Crippen molar-refractivity contribution in [2.75, 3.05) is 6.54 Å². The molecular weight excluding hydrogens is 390 g/mol. The predicted molar refractivity (Wildman–Crippen MR) is 110 cm³/mol. The lowest BCUT2D eigenvalue weighted by molar-refractivity contribution is -0.124. The average molecular weight is 418 g/mol. The Morgan fingerprint density at radius 3 is 2.45 bits per heavy atom. The monoisotopic (exact) mass is 417 g/mol. The standard InChI is InChI=1S/C21H27N3O4S/c1-13-9-14(2)16(4)20(15(13)3)29(27,28)24-12-18(25)10-19(24)21(26)23-11-17-7-5-6-8-22-17/h5-9,18-19,25H,10-12H2,1-4H3,(H,23,26)/t18?,19-/m0/s1. The molecule has 0 bridgehead atoms. The lowest BCUT2D eigenvalue weighted by Crippen LogP contribution is -2.46. The van der Waals surface area contributed by atoms with Gasteiger partial charge in [0.1, 0.15) is 6.04 Å². The van der Waals surface area contributed by atoms with Gasteiger partial charge in [0.05, 0.1) is 23.2 Å². The van der Waals surface area contributed by atoms with E-state index in [9.17, 15) is 18.3 Å². The summed E-state index contributed by atoms with van der Waals surface area (Å²) in [5.41, 5.74) is 3.77. The van der Waals surface area contributed by atoms with Gasteiger partial charge in [-0.25, -0.2) is 8.42 Å². The minimum absolute atomic E-state index is 0.0656. The molecule has 3 rings (SSSR count). The number of β-amino-alcohol motifs (C(OH)–C–C–N with tert-alkyl or cyclic N) is 1. The fourth-order valence-electron chi connectivity index (χ4n) is 3.77. The molecule has 1 aromatic heterocycles. The first kappa shape index (κ1) is 21.4. The van der Waals surface area contributed by atoms with Crippen LogP contribution >= 0.6 is 0 Å². The number of pyridine rings is 1. The molecule has 1 fully saturated rings. The highest BCUT2D eigenvalue weighted by Gasteiger charge is 2.44. The third kappa shape index (κ3) is 4.19. The van der Waals surface area contributed by atoms with Crippen molar-refractivity contribution in [1.82, 2.24) is 14.6 Å². The van der Waals surface area contributed by atoms with Crippen LogP contribution in [0.2, 0.25) is 0 Å². The number of nitrogens with one attached hydrogen (secondary N) is 1. The summed E-state index contributed by atoms with van der Waals surface area (Å²) >= 11 is 0. The molecule has 8 heteroatoms. The highest BCUT2D eigenvalue weighted by molar-refractivity contribution is 7.89. The van der Waals surface area contributed by atoms with E-state index in [4.69, 9.17) is 0 Å². The van der Waals surface area contributed by atoms with Crippen LogP contribution in [0.25, 0.3) is 0 Å². The fraction of sp³-hybridized carbons (Fsp3) is 0.429. The minimum Gasteiger partial charge on any atom is -0.392 e. The van der Waals surface area contributed by atoms with Crippen LogP contribution in [0.4, 0.5) is 0 Å². The summed E-state index contributed by atoms with van der Waals surface area (Å²) in [6.45, 7) is 7.39. The summed E-state index contributed by atoms with van der Waals surface area (Å²) in [6, 6.07) is 6.37. The van der Waals surface area contributed by atoms with Crippen LogP contribution in [0, 0.1) is 27.7 Å². The number of aliphatic hydroxyl groups is 1. The molecule has 0 saturated carbocycles. The van der Waals surface area contributed by atoms with Gasteiger partial charge >= 0.3 is 0 Å². The molecule has 156 valence electrons. The van der Waals surface area contributed by atoms with Gasteiger partial charge in [0.25, 0.3) is 0 Å². The smallest absolute Gasteiger partial charge is 0.244 e. The molecule has 1 saturated heterocycles. The highest BCUT2D eigenvalue weighted by Crippen LogP contribution is 2.33. The van der Waals surface area contributed by atoms with E-state index >= 15 is 0 Å². The van der Waals surface area contributed by atoms with Gasteiger partial charge in [0.2, 0.25) is 15.9 Å². The van der Waals surface area contributed by atoms with Crippen molar-refractivity contribution in [2.45, 2.75) is 57.7 Å². The van der Waals surface area contributed by atoms with Crippen LogP contribution in [0.5, 0.6) is 0 Å². The van der Waals surface area contributed by atoms with Gasteiger partial charge in [0.15, 0.2) is 0 Å². The van der Waals surface area contributed by atoms with E-state index in [2.05, 4.69) is 10.3 Å². The summed E-state index contributed by atoms with van der Waals surface area (Å²) in [5.74, 6) is -0.435. The Labute approximate surface area is 171 Å². The number of sulfonamides is 1. The maximum Gasteiger partial charge on any atom is 0.244 e. The number of aliphatic hydroxyl groups excluding tert-OH is 1. The molecule has 2 aromatic rings. The van der Waals surface area contributed by atoms with E-state index in [0.717, 1.165) is 15.4 Å². The first-order valence-electron chi connectivity index (χ1n) is 9.58. The van der Waals surface area contributed by atoms with Crippen LogP contribution < -0.4 is 5.32 Å². The average Bonchev–Trinajstić information content (AvgIpc) is 3.08. The second kappa shape index (κ2) is 8.22. The molecule has 2 atom stereocenters. The molecule has 1 amide bonds. The molecule has 0 aliphatic carbocycles. The quantitative estimate of drug-likeness (QED) is 0.772. The Hall–Kier alpha value is -2.29. The van der Waals surface area contributed by atoms with Crippen LogP contribution in [-0.2, 0) is 21.4 Å². The Kier molecular flexibility index (Phi) is 6.07. The SMILES string of the molecule is Cc1cc(C)c(C)c(S(=O)(=O)N2CC(O)C[C@H]2C(=O)NCc2ccccn2)c1C. The van der Waals surface area contributed by atoms with E-state index in [1.807, 2.05) is 26.0 Å². The van der Waals surface area contributed by atoms with E-state index in [0.29, 0.717) is 16.8 Å². The molecule has 1 aliphatic rings. The Morgan fingerprint density at radius 1 is 1.21 bits per heavy atom. The van der Waals surface area contributed by atoms with Crippen molar-refractivity contribution < 1.29 is 18.3 Å². The zero-order valence-electron chi connectivity index (χ0n) is 17.1. The Balaban J connectivity index is 1.91. The molecule has 1 aliphatic heterocycles. The number of carbonyl (C=O) groups excluding carboxylic acids is 1. The maximum atomic E-state index is 13.5. The van der Waals surface area contributed by atoms with Crippen molar-refractivity contribution in [2.24, 2.45) is 0 Å². The van der Waals surface area contributed by atoms with Crippen LogP contribution in [0.15, 0.2) is 35.4 Å². The van der Waals surface area contributed by atoms with Gasteiger partial charge in [-0.2, -0.15) is 4.31 Å². The number of rotatable bonds is 5. The van der Waals surface area contributed by atoms with Crippen molar-refractivity contribution in [3.8, 4) is 0 Å². The third-order valence-electron chi connectivity index (χ3n) is 5.57. The van der Waals surface area contributed by atoms with Crippen LogP contribution in [-0.4, -0.2) is 47.4 Å². The molecule has 7 nitrogen and oxygen atoms in total. The number of aryl methyl sites for hydroxylation is 2. The highest BCUT2D eigenvalue weighted by atomic mass is 32.2. The first-order valence-corrected chi connectivity index (χ1v) is 11.0. The number of aromatic nitrogens is 1. The minimum atomic E-state index is -3.96. The number of amides is 1. The summed E-state index contributed by atoms with van der Waals surface area (Å²) in [5, 5.41) is 12.9. The van der Waals surface area contributed by atoms with Gasteiger partial charge < -0.3 is 10.4 Å². The Morgan fingerprint density at radius 2 is 1.86 bits per heavy atom. The lowest BCUT2D eigenvalue weighted by Gasteiger charge is -2.26. The normalized spacial score (nSPS) is 20.0. The number of carbonyl (C=O) groups is 1. The molecule has 1 aromatic carbocycles. The van der Waals surface area contributed by atoms with Crippen molar-refractivity contribution in [1.29, 1.82) is 0 Å². The summed E-state index contributed by atoms with van der Waals surface area (Å²) in [4.78, 5) is 17.2. The zero-order chi connectivity index (χ0) is 21.3. The lowest BCUT2D eigenvalue weighted by atomic mass is 10.0. The maximum absolute atomic E-state index is 13.5. The molecule has 29 heavy (non-hydrogen) atoms. The molecule has 0 spiro atoms. The third-order valence-corrected chi connectivity index (χ3v) is 7.72. The molecule has 0 radical (unpaired) electrons. The first-order chi connectivity index (χ1) is 13.6. The van der Waals surface area contributed by atoms with Gasteiger partial charge in [-0.15, -0.1) is 0 Å². The van der Waals surface area contributed by atoms with Gasteiger partial charge in [-0.3, -0.25) is 9.78 Å². The van der Waals surface area contributed by atoms with Gasteiger partial charge in [0, 0.05) is 19.2 Å². The summed E-state index contributed by atoms with van der Waals surface area (Å²) in [7, 11) is -3.96. The topological polar surface area (TPSA) is 99.6 Å². The number of benzene rings is 1. The van der Waals surface area contributed by atoms with Gasteiger partial charge in [-0.1, -0.05) is 12.1 Å². The van der Waals surface area contributed by atoms with E-state index in [-0.39, 0.29) is 24.4 Å². The molecule has 1 unspecified atom stereocenters. The summed E-state index contributed by atoms with van der Waals surface area (Å²) < 4.78 is 28.2. The van der Waals surface area contributed by atoms with Crippen LogP contribution in [0.3, 0.4) is 0 Å². The van der Waals surface area contributed by atoms with Crippen molar-refractivity contribution in [3.05, 3.63) is 58.4 Å². The fourth-order valence-corrected chi connectivity index (χ4v) is 5.99. The van der Waals surface area contributed by atoms with Crippen LogP contribution in [0.1, 0.15) is 34.4 Å². The molecule has 2 N–H and O–H groups in total. The van der Waals surface area contributed by atoms with Crippen molar-refractivity contribution >= 4 is 15.9 Å². The molecular formula is C21H27N3O4S. The van der Waals surface area contributed by atoms with Gasteiger partial charge in [-0.05, 0) is 62.1 Å². The van der Waals surface area contributed by atoms with E-state index < -0.39 is 28.1 Å². The number of hydrogen-bond donors (Lipinski definition) is 2. The van der Waals surface area contributed by atoms with E-state index in [1.54, 1.807) is 32.2 Å². The predicted octanol–water partition coefficient (Wildman–Crippen LogP) is 1.76. The van der Waals surface area contributed by atoms with Crippen molar-refractivity contribution in [3.63, 3.8) is 0 Å². The van der Waals surface area contributed by atoms with E-state index in [1.165, 1.54) is 0 Å². The second-order valence-corrected chi connectivity index (χ2v) is 9.44. The number of nitrogens with zero attached hydrogens (tertiary/aromatic N) is 2. The molecule has 2 heterocycles.